The zero-order valence-electron chi connectivity index (χ0n) is 21.2. The van der Waals surface area contributed by atoms with Crippen LogP contribution in [0.3, 0.4) is 0 Å². The smallest absolute Gasteiger partial charge is 0.303 e. The fraction of sp³-hybridized carbons (Fsp3) is 0.379. The minimum Gasteiger partial charge on any atom is -0.481 e. The Bertz CT molecular complexity index is 1250. The number of hydrogen-bond acceptors (Lipinski definition) is 5. The summed E-state index contributed by atoms with van der Waals surface area (Å²) in [5.74, 6) is -1.11. The molecule has 6 nitrogen and oxygen atoms in total. The summed E-state index contributed by atoms with van der Waals surface area (Å²) in [7, 11) is 0. The van der Waals surface area contributed by atoms with Gasteiger partial charge in [0.1, 0.15) is 4.32 Å². The molecule has 0 unspecified atom stereocenters. The van der Waals surface area contributed by atoms with Crippen molar-refractivity contribution in [2.45, 2.75) is 64.3 Å². The summed E-state index contributed by atoms with van der Waals surface area (Å²) in [5, 5.41) is 9.32. The van der Waals surface area contributed by atoms with E-state index < -0.39 is 5.97 Å². The van der Waals surface area contributed by atoms with E-state index in [0.717, 1.165) is 68.2 Å². The number of aliphatic carboxylic acids is 1. The number of anilines is 1. The highest BCUT2D eigenvalue weighted by molar-refractivity contribution is 8.26. The third-order valence-electron chi connectivity index (χ3n) is 6.78. The van der Waals surface area contributed by atoms with Crippen molar-refractivity contribution in [3.63, 3.8) is 0 Å². The van der Waals surface area contributed by atoms with Crippen LogP contribution in [0.1, 0.15) is 68.9 Å². The van der Waals surface area contributed by atoms with Gasteiger partial charge in [-0.1, -0.05) is 104 Å². The van der Waals surface area contributed by atoms with E-state index in [4.69, 9.17) is 28.9 Å². The Morgan fingerprint density at radius 3 is 2.16 bits per heavy atom. The van der Waals surface area contributed by atoms with Gasteiger partial charge in [-0.2, -0.15) is 0 Å². The summed E-state index contributed by atoms with van der Waals surface area (Å²) in [4.78, 5) is 41.3. The maximum atomic E-state index is 13.6. The Labute approximate surface area is 238 Å². The van der Waals surface area contributed by atoms with Gasteiger partial charge in [0.2, 0.25) is 0 Å². The van der Waals surface area contributed by atoms with E-state index in [1.807, 2.05) is 36.4 Å². The maximum absolute atomic E-state index is 13.6. The molecule has 1 N–H and O–H groups in total. The fourth-order valence-corrected chi connectivity index (χ4v) is 6.28. The number of hydrogen-bond donors (Lipinski definition) is 1. The zero-order chi connectivity index (χ0) is 27.1. The number of amides is 2. The van der Waals surface area contributed by atoms with E-state index in [1.165, 1.54) is 11.8 Å². The molecule has 2 aromatic rings. The van der Waals surface area contributed by atoms with E-state index in [1.54, 1.807) is 21.9 Å². The lowest BCUT2D eigenvalue weighted by Crippen LogP contribution is -2.30. The van der Waals surface area contributed by atoms with Crippen LogP contribution in [-0.2, 0) is 20.9 Å². The molecule has 38 heavy (non-hydrogen) atoms. The van der Waals surface area contributed by atoms with E-state index in [9.17, 15) is 14.4 Å². The minimum atomic E-state index is -0.729. The first kappa shape index (κ1) is 28.3. The van der Waals surface area contributed by atoms with Crippen LogP contribution in [0.25, 0.3) is 5.57 Å². The Morgan fingerprint density at radius 1 is 0.842 bits per heavy atom. The van der Waals surface area contributed by atoms with E-state index in [-0.39, 0.29) is 18.2 Å². The Balaban J connectivity index is 1.35. The quantitative estimate of drug-likeness (QED) is 0.158. The van der Waals surface area contributed by atoms with Gasteiger partial charge < -0.3 is 10.0 Å². The zero-order valence-corrected chi connectivity index (χ0v) is 23.5. The van der Waals surface area contributed by atoms with Crippen molar-refractivity contribution < 1.29 is 19.5 Å². The van der Waals surface area contributed by atoms with Crippen molar-refractivity contribution in [1.82, 2.24) is 4.90 Å². The summed E-state index contributed by atoms with van der Waals surface area (Å²) in [6.45, 7) is 0.931. The summed E-state index contributed by atoms with van der Waals surface area (Å²) in [6.07, 6.45) is 8.11. The number of rotatable bonds is 13. The Morgan fingerprint density at radius 2 is 1.47 bits per heavy atom. The number of thioether (sulfide) groups is 1. The van der Waals surface area contributed by atoms with Gasteiger partial charge in [0.15, 0.2) is 0 Å². The van der Waals surface area contributed by atoms with Crippen LogP contribution in [0, 0.1) is 0 Å². The molecule has 0 aromatic heterocycles. The molecule has 2 aliphatic heterocycles. The number of nitrogens with zero attached hydrogens (tertiary/aromatic N) is 2. The number of fused-ring (bicyclic) bond motifs is 1. The number of benzene rings is 2. The lowest BCUT2D eigenvalue weighted by atomic mass is 10.1. The third kappa shape index (κ3) is 6.84. The molecule has 2 aliphatic rings. The van der Waals surface area contributed by atoms with Gasteiger partial charge in [0, 0.05) is 23.6 Å². The van der Waals surface area contributed by atoms with E-state index in [2.05, 4.69) is 0 Å². The SMILES string of the molecule is O=C(O)CCCCCCCCCCN1C(=O)C(=C2C(=O)N(Cc3ccc(Cl)cc3)c3ccccc32)SC1=S. The van der Waals surface area contributed by atoms with Gasteiger partial charge in [0.05, 0.1) is 22.7 Å². The second-order valence-electron chi connectivity index (χ2n) is 9.54. The second kappa shape index (κ2) is 13.4. The number of carbonyl (C=O) groups excluding carboxylic acids is 2. The molecule has 0 saturated carbocycles. The molecule has 0 atom stereocenters. The van der Waals surface area contributed by atoms with Crippen molar-refractivity contribution in [1.29, 1.82) is 0 Å². The number of carboxylic acid groups (broad SMARTS) is 1. The predicted octanol–water partition coefficient (Wildman–Crippen LogP) is 7.05. The molecular formula is C29H31ClN2O4S2. The minimum absolute atomic E-state index is 0.190. The average molecular weight is 571 g/mol. The monoisotopic (exact) mass is 570 g/mol. The molecule has 1 saturated heterocycles. The molecule has 2 aromatic carbocycles. The van der Waals surface area contributed by atoms with Gasteiger partial charge >= 0.3 is 5.97 Å². The van der Waals surface area contributed by atoms with Crippen molar-refractivity contribution in [3.8, 4) is 0 Å². The van der Waals surface area contributed by atoms with Gasteiger partial charge in [-0.15, -0.1) is 0 Å². The van der Waals surface area contributed by atoms with Crippen LogP contribution in [0.4, 0.5) is 5.69 Å². The standard InChI is InChI=1S/C29H31ClN2O4S2/c30-21-16-14-20(15-17-21)19-32-23-12-9-8-11-22(23)25(27(32)35)26-28(36)31(29(37)38-26)18-10-6-4-2-1-3-5-7-13-24(33)34/h8-9,11-12,14-17H,1-7,10,13,18-19H2,(H,33,34). The highest BCUT2D eigenvalue weighted by atomic mass is 35.5. The van der Waals surface area contributed by atoms with Crippen molar-refractivity contribution in [3.05, 3.63) is 69.6 Å². The molecule has 200 valence electrons. The number of carbonyl (C=O) groups is 3. The summed E-state index contributed by atoms with van der Waals surface area (Å²) < 4.78 is 0.498. The molecule has 0 aliphatic carbocycles. The molecule has 9 heteroatoms. The largest absolute Gasteiger partial charge is 0.481 e. The highest BCUT2D eigenvalue weighted by Gasteiger charge is 2.41. The molecule has 4 rings (SSSR count). The van der Waals surface area contributed by atoms with E-state index >= 15 is 0 Å². The van der Waals surface area contributed by atoms with Crippen LogP contribution in [-0.4, -0.2) is 38.7 Å². The van der Waals surface area contributed by atoms with Crippen molar-refractivity contribution in [2.75, 3.05) is 11.4 Å². The first-order chi connectivity index (χ1) is 18.4. The third-order valence-corrected chi connectivity index (χ3v) is 8.48. The molecule has 0 radical (unpaired) electrons. The number of halogens is 1. The molecule has 0 spiro atoms. The maximum Gasteiger partial charge on any atom is 0.303 e. The normalized spacial score (nSPS) is 17.0. The average Bonchev–Trinajstić information content (AvgIpc) is 3.33. The molecular weight excluding hydrogens is 540 g/mol. The highest BCUT2D eigenvalue weighted by Crippen LogP contribution is 2.45. The van der Waals surface area contributed by atoms with Crippen LogP contribution >= 0.6 is 35.6 Å². The summed E-state index contributed by atoms with van der Waals surface area (Å²) >= 11 is 12.8. The predicted molar refractivity (Wildman–Crippen MR) is 157 cm³/mol. The van der Waals surface area contributed by atoms with Crippen molar-refractivity contribution >= 4 is 68.9 Å². The Hall–Kier alpha value is -2.68. The second-order valence-corrected chi connectivity index (χ2v) is 11.6. The number of unbranched alkanes of at least 4 members (excludes halogenated alkanes) is 7. The topological polar surface area (TPSA) is 77.9 Å². The Kier molecular flexibility index (Phi) is 9.99. The number of carboxylic acids is 1. The summed E-state index contributed by atoms with van der Waals surface area (Å²) in [6, 6.07) is 15.0. The molecule has 0 bridgehead atoms. The van der Waals surface area contributed by atoms with Crippen LogP contribution in [0.2, 0.25) is 5.02 Å². The van der Waals surface area contributed by atoms with Crippen LogP contribution in [0.5, 0.6) is 0 Å². The van der Waals surface area contributed by atoms with Gasteiger partial charge in [-0.3, -0.25) is 19.3 Å². The molecule has 2 amide bonds. The van der Waals surface area contributed by atoms with Crippen molar-refractivity contribution in [2.24, 2.45) is 0 Å². The lowest BCUT2D eigenvalue weighted by Gasteiger charge is -2.17. The first-order valence-electron chi connectivity index (χ1n) is 13.0. The van der Waals surface area contributed by atoms with Gasteiger partial charge in [0.25, 0.3) is 11.8 Å². The van der Waals surface area contributed by atoms with Crippen LogP contribution in [0.15, 0.2) is 53.4 Å². The first-order valence-corrected chi connectivity index (χ1v) is 14.6. The molecule has 2 heterocycles. The molecule has 1 fully saturated rings. The number of thiocarbonyl (C=S) groups is 1. The fourth-order valence-electron chi connectivity index (χ4n) is 4.78. The van der Waals surface area contributed by atoms with Crippen LogP contribution < -0.4 is 4.90 Å². The number of para-hydroxylation sites is 1. The van der Waals surface area contributed by atoms with E-state index in [0.29, 0.717) is 32.9 Å². The lowest BCUT2D eigenvalue weighted by molar-refractivity contribution is -0.137. The van der Waals surface area contributed by atoms with Gasteiger partial charge in [-0.05, 0) is 36.6 Å². The van der Waals surface area contributed by atoms with Gasteiger partial charge in [-0.25, -0.2) is 0 Å². The summed E-state index contributed by atoms with van der Waals surface area (Å²) in [5.41, 5.74) is 2.93.